The van der Waals surface area contributed by atoms with Crippen molar-refractivity contribution < 1.29 is 0 Å². The summed E-state index contributed by atoms with van der Waals surface area (Å²) in [4.78, 5) is 4.80. The van der Waals surface area contributed by atoms with Crippen LogP contribution < -0.4 is 5.32 Å². The van der Waals surface area contributed by atoms with Crippen molar-refractivity contribution in [3.63, 3.8) is 0 Å². The molecule has 1 aromatic carbocycles. The van der Waals surface area contributed by atoms with Gasteiger partial charge in [0.15, 0.2) is 0 Å². The first-order valence-corrected chi connectivity index (χ1v) is 10.3. The van der Waals surface area contributed by atoms with Crippen molar-refractivity contribution in [3.05, 3.63) is 67.9 Å². The van der Waals surface area contributed by atoms with Gasteiger partial charge in [-0.2, -0.15) is 0 Å². The van der Waals surface area contributed by atoms with E-state index in [1.54, 1.807) is 0 Å². The maximum Gasteiger partial charge on any atom is 0.0740 e. The van der Waals surface area contributed by atoms with Crippen LogP contribution in [0.5, 0.6) is 0 Å². The SMILES string of the molecule is CC.Clc1ccc2c(c1)CCc1cc(Br)cnc1C2=C1CCNCC1. The predicted octanol–water partition coefficient (Wildman–Crippen LogP) is 5.81. The molecule has 2 nitrogen and oxygen atoms in total. The lowest BCUT2D eigenvalue weighted by atomic mass is 9.89. The predicted molar refractivity (Wildman–Crippen MR) is 110 cm³/mol. The zero-order valence-electron chi connectivity index (χ0n) is 14.8. The van der Waals surface area contributed by atoms with Crippen LogP contribution in [0.1, 0.15) is 49.1 Å². The topological polar surface area (TPSA) is 24.9 Å². The molecule has 4 heteroatoms. The number of hydrogen-bond donors (Lipinski definition) is 1. The third kappa shape index (κ3) is 3.99. The fourth-order valence-electron chi connectivity index (χ4n) is 3.64. The van der Waals surface area contributed by atoms with Crippen molar-refractivity contribution in [2.45, 2.75) is 39.5 Å². The maximum atomic E-state index is 6.25. The summed E-state index contributed by atoms with van der Waals surface area (Å²) in [6.07, 6.45) is 6.12. The smallest absolute Gasteiger partial charge is 0.0740 e. The van der Waals surface area contributed by atoms with Gasteiger partial charge in [-0.25, -0.2) is 0 Å². The second-order valence-corrected chi connectivity index (χ2v) is 7.54. The standard InChI is InChI=1S/C19H18BrClN2.C2H6/c20-15-9-14-2-1-13-10-16(21)3-4-17(13)18(19(14)23-11-15)12-5-7-22-8-6-12;1-2/h3-4,9-11,22H,1-2,5-8H2;1-2H3. The Kier molecular flexibility index (Phi) is 6.32. The quantitative estimate of drug-likeness (QED) is 0.583. The van der Waals surface area contributed by atoms with E-state index in [-0.39, 0.29) is 0 Å². The van der Waals surface area contributed by atoms with Crippen LogP contribution in [0.2, 0.25) is 5.02 Å². The van der Waals surface area contributed by atoms with Crippen molar-refractivity contribution >= 4 is 33.1 Å². The van der Waals surface area contributed by atoms with Crippen molar-refractivity contribution in [2.24, 2.45) is 0 Å². The average Bonchev–Trinajstić information content (AvgIpc) is 2.80. The first-order chi connectivity index (χ1) is 12.2. The first kappa shape index (κ1) is 18.6. The minimum Gasteiger partial charge on any atom is -0.316 e. The van der Waals surface area contributed by atoms with Gasteiger partial charge in [0.1, 0.15) is 0 Å². The van der Waals surface area contributed by atoms with Crippen molar-refractivity contribution in [1.82, 2.24) is 10.3 Å². The number of halogens is 2. The number of hydrogen-bond acceptors (Lipinski definition) is 2. The van der Waals surface area contributed by atoms with Crippen LogP contribution in [-0.2, 0) is 12.8 Å². The summed E-state index contributed by atoms with van der Waals surface area (Å²) in [5.41, 5.74) is 8.01. The molecule has 2 heterocycles. The zero-order valence-corrected chi connectivity index (χ0v) is 17.2. The van der Waals surface area contributed by atoms with Gasteiger partial charge in [-0.05, 0) is 89.6 Å². The summed E-state index contributed by atoms with van der Waals surface area (Å²) in [6, 6.07) is 8.53. The molecule has 4 rings (SSSR count). The minimum atomic E-state index is 0.818. The number of pyridine rings is 1. The number of fused-ring (bicyclic) bond motifs is 2. The number of nitrogens with zero attached hydrogens (tertiary/aromatic N) is 1. The number of rotatable bonds is 0. The molecular weight excluding hydrogens is 396 g/mol. The molecule has 0 atom stereocenters. The van der Waals surface area contributed by atoms with E-state index < -0.39 is 0 Å². The van der Waals surface area contributed by atoms with Crippen LogP contribution in [0.15, 0.2) is 40.5 Å². The molecular formula is C21H24BrClN2. The van der Waals surface area contributed by atoms with Crippen molar-refractivity contribution in [3.8, 4) is 0 Å². The monoisotopic (exact) mass is 418 g/mol. The Morgan fingerprint density at radius 3 is 2.48 bits per heavy atom. The molecule has 0 saturated carbocycles. The largest absolute Gasteiger partial charge is 0.316 e. The third-order valence-corrected chi connectivity index (χ3v) is 5.40. The number of aromatic nitrogens is 1. The molecule has 0 unspecified atom stereocenters. The molecule has 0 amide bonds. The molecule has 0 bridgehead atoms. The van der Waals surface area contributed by atoms with E-state index in [9.17, 15) is 0 Å². The van der Waals surface area contributed by atoms with E-state index >= 15 is 0 Å². The third-order valence-electron chi connectivity index (χ3n) is 4.73. The van der Waals surface area contributed by atoms with E-state index in [1.165, 1.54) is 27.8 Å². The molecule has 25 heavy (non-hydrogen) atoms. The molecule has 1 fully saturated rings. The van der Waals surface area contributed by atoms with Gasteiger partial charge in [-0.1, -0.05) is 37.1 Å². The molecule has 1 aliphatic carbocycles. The van der Waals surface area contributed by atoms with Crippen LogP contribution in [0, 0.1) is 0 Å². The van der Waals surface area contributed by atoms with Crippen molar-refractivity contribution in [2.75, 3.05) is 13.1 Å². The maximum absolute atomic E-state index is 6.25. The molecule has 1 saturated heterocycles. The number of aryl methyl sites for hydroxylation is 2. The van der Waals surface area contributed by atoms with Gasteiger partial charge in [0.05, 0.1) is 5.69 Å². The Hall–Kier alpha value is -1.16. The fraction of sp³-hybridized carbons (Fsp3) is 0.381. The summed E-state index contributed by atoms with van der Waals surface area (Å²) < 4.78 is 1.05. The van der Waals surface area contributed by atoms with Crippen LogP contribution in [0.4, 0.5) is 0 Å². The second-order valence-electron chi connectivity index (χ2n) is 6.19. The van der Waals surface area contributed by atoms with Crippen LogP contribution >= 0.6 is 27.5 Å². The highest BCUT2D eigenvalue weighted by Crippen LogP contribution is 2.38. The Balaban J connectivity index is 0.000000880. The van der Waals surface area contributed by atoms with E-state index in [1.807, 2.05) is 26.1 Å². The van der Waals surface area contributed by atoms with E-state index in [0.717, 1.165) is 54.0 Å². The minimum absolute atomic E-state index is 0.818. The summed E-state index contributed by atoms with van der Waals surface area (Å²) in [5, 5.41) is 4.27. The fourth-order valence-corrected chi connectivity index (χ4v) is 4.22. The number of benzene rings is 1. The highest BCUT2D eigenvalue weighted by Gasteiger charge is 2.23. The Morgan fingerprint density at radius 1 is 1.00 bits per heavy atom. The van der Waals surface area contributed by atoms with E-state index in [4.69, 9.17) is 16.6 Å². The summed E-state index contributed by atoms with van der Waals surface area (Å²) in [6.45, 7) is 6.10. The molecule has 0 spiro atoms. The molecule has 1 aromatic heterocycles. The van der Waals surface area contributed by atoms with Gasteiger partial charge in [-0.3, -0.25) is 4.98 Å². The molecule has 1 aliphatic heterocycles. The lowest BCUT2D eigenvalue weighted by Gasteiger charge is -2.22. The van der Waals surface area contributed by atoms with Crippen LogP contribution in [0.25, 0.3) is 5.57 Å². The Labute approximate surface area is 163 Å². The molecule has 2 aromatic rings. The van der Waals surface area contributed by atoms with E-state index in [0.29, 0.717) is 0 Å². The first-order valence-electron chi connectivity index (χ1n) is 9.09. The Bertz CT molecular complexity index is 735. The second kappa shape index (κ2) is 8.48. The van der Waals surface area contributed by atoms with E-state index in [2.05, 4.69) is 39.4 Å². The molecule has 1 N–H and O–H groups in total. The van der Waals surface area contributed by atoms with Gasteiger partial charge in [0.25, 0.3) is 0 Å². The lowest BCUT2D eigenvalue weighted by Crippen LogP contribution is -2.24. The number of nitrogens with one attached hydrogen (secondary N) is 1. The molecule has 0 radical (unpaired) electrons. The van der Waals surface area contributed by atoms with Gasteiger partial charge < -0.3 is 5.32 Å². The van der Waals surface area contributed by atoms with Crippen LogP contribution in [0.3, 0.4) is 0 Å². The van der Waals surface area contributed by atoms with Gasteiger partial charge in [0.2, 0.25) is 0 Å². The highest BCUT2D eigenvalue weighted by molar-refractivity contribution is 9.10. The average molecular weight is 420 g/mol. The summed E-state index contributed by atoms with van der Waals surface area (Å²) >= 11 is 9.82. The van der Waals surface area contributed by atoms with Gasteiger partial charge in [0, 0.05) is 21.3 Å². The van der Waals surface area contributed by atoms with Gasteiger partial charge in [-0.15, -0.1) is 0 Å². The van der Waals surface area contributed by atoms with Crippen LogP contribution in [-0.4, -0.2) is 18.1 Å². The normalized spacial score (nSPS) is 16.3. The summed E-state index contributed by atoms with van der Waals surface area (Å²) in [7, 11) is 0. The summed E-state index contributed by atoms with van der Waals surface area (Å²) in [5.74, 6) is 0. The molecule has 2 aliphatic rings. The number of piperidine rings is 1. The van der Waals surface area contributed by atoms with Gasteiger partial charge >= 0.3 is 0 Å². The highest BCUT2D eigenvalue weighted by atomic mass is 79.9. The lowest BCUT2D eigenvalue weighted by molar-refractivity contribution is 0.611. The van der Waals surface area contributed by atoms with Crippen molar-refractivity contribution in [1.29, 1.82) is 0 Å². The Morgan fingerprint density at radius 2 is 1.72 bits per heavy atom. The molecule has 132 valence electrons. The zero-order chi connectivity index (χ0) is 17.8.